The Hall–Kier alpha value is -4.76. The molecular formula is C30H29N3O6. The van der Waals surface area contributed by atoms with Crippen molar-refractivity contribution in [2.24, 2.45) is 0 Å². The number of carboxylic acids is 2. The van der Waals surface area contributed by atoms with Gasteiger partial charge in [0.15, 0.2) is 11.8 Å². The zero-order valence-electron chi connectivity index (χ0n) is 21.1. The number of rotatable bonds is 12. The molecule has 0 radical (unpaired) electrons. The predicted octanol–water partition coefficient (Wildman–Crippen LogP) is 3.87. The standard InChI is InChI=1S/C30H29N3O6/c34-27(30(38)39)18-24(17-20-11-13-22(14-12-20)21-7-3-1-4-8-21)31-29(37)25-19-26(23-9-5-2-6-10-23)33(32-25)16-15-28(35)36/h1-14,19,24,27,34H,15-18H2,(H,31,37)(H,35,36)(H,38,39). The third kappa shape index (κ3) is 7.39. The number of aryl methyl sites for hydroxylation is 1. The lowest BCUT2D eigenvalue weighted by molar-refractivity contribution is -0.147. The van der Waals surface area contributed by atoms with Gasteiger partial charge in [-0.05, 0) is 34.7 Å². The Balaban J connectivity index is 1.55. The molecule has 2 atom stereocenters. The summed E-state index contributed by atoms with van der Waals surface area (Å²) in [6, 6.07) is 27.6. The number of aliphatic hydroxyl groups excluding tert-OH is 1. The molecule has 0 aliphatic carbocycles. The highest BCUT2D eigenvalue weighted by atomic mass is 16.4. The van der Waals surface area contributed by atoms with E-state index >= 15 is 0 Å². The van der Waals surface area contributed by atoms with E-state index in [0.717, 1.165) is 22.3 Å². The first-order valence-corrected chi connectivity index (χ1v) is 12.5. The van der Waals surface area contributed by atoms with Crippen molar-refractivity contribution in [1.29, 1.82) is 0 Å². The van der Waals surface area contributed by atoms with E-state index in [9.17, 15) is 24.6 Å². The Morgan fingerprint density at radius 3 is 2.00 bits per heavy atom. The Bertz CT molecular complexity index is 1420. The Labute approximate surface area is 225 Å². The van der Waals surface area contributed by atoms with Crippen LogP contribution in [0.4, 0.5) is 0 Å². The molecular weight excluding hydrogens is 498 g/mol. The molecule has 4 aromatic rings. The summed E-state index contributed by atoms with van der Waals surface area (Å²) < 4.78 is 1.47. The van der Waals surface area contributed by atoms with Gasteiger partial charge in [0, 0.05) is 12.5 Å². The van der Waals surface area contributed by atoms with Crippen molar-refractivity contribution in [2.75, 3.05) is 0 Å². The van der Waals surface area contributed by atoms with Crippen LogP contribution in [0.2, 0.25) is 0 Å². The first kappa shape index (κ1) is 27.3. The lowest BCUT2D eigenvalue weighted by Gasteiger charge is -2.20. The Morgan fingerprint density at radius 2 is 1.41 bits per heavy atom. The monoisotopic (exact) mass is 527 g/mol. The van der Waals surface area contributed by atoms with Crippen molar-refractivity contribution in [3.63, 3.8) is 0 Å². The number of hydrogen-bond donors (Lipinski definition) is 4. The highest BCUT2D eigenvalue weighted by Gasteiger charge is 2.24. The average Bonchev–Trinajstić information content (AvgIpc) is 3.38. The molecule has 0 fully saturated rings. The number of aromatic nitrogens is 2. The molecule has 39 heavy (non-hydrogen) atoms. The maximum atomic E-state index is 13.2. The van der Waals surface area contributed by atoms with Gasteiger partial charge < -0.3 is 20.6 Å². The number of benzene rings is 3. The number of aliphatic hydroxyl groups is 1. The highest BCUT2D eigenvalue weighted by molar-refractivity contribution is 5.93. The lowest BCUT2D eigenvalue weighted by Crippen LogP contribution is -2.40. The van der Waals surface area contributed by atoms with Crippen LogP contribution in [0, 0.1) is 0 Å². The smallest absolute Gasteiger partial charge is 0.332 e. The van der Waals surface area contributed by atoms with Crippen molar-refractivity contribution in [1.82, 2.24) is 15.1 Å². The number of amides is 1. The van der Waals surface area contributed by atoms with Crippen molar-refractivity contribution >= 4 is 17.8 Å². The van der Waals surface area contributed by atoms with Crippen LogP contribution >= 0.6 is 0 Å². The molecule has 9 heteroatoms. The van der Waals surface area contributed by atoms with Crippen LogP contribution in [0.15, 0.2) is 91.0 Å². The Morgan fingerprint density at radius 1 is 0.821 bits per heavy atom. The van der Waals surface area contributed by atoms with Gasteiger partial charge in [-0.15, -0.1) is 0 Å². The summed E-state index contributed by atoms with van der Waals surface area (Å²) in [5, 5.41) is 35.6. The molecule has 1 amide bonds. The fourth-order valence-corrected chi connectivity index (χ4v) is 4.31. The van der Waals surface area contributed by atoms with Gasteiger partial charge >= 0.3 is 11.9 Å². The maximum Gasteiger partial charge on any atom is 0.332 e. The molecule has 2 unspecified atom stereocenters. The Kier molecular flexibility index (Phi) is 8.86. The van der Waals surface area contributed by atoms with Crippen LogP contribution < -0.4 is 5.32 Å². The zero-order valence-corrected chi connectivity index (χ0v) is 21.1. The van der Waals surface area contributed by atoms with Gasteiger partial charge in [0.25, 0.3) is 5.91 Å². The van der Waals surface area contributed by atoms with Crippen molar-refractivity contribution in [3.8, 4) is 22.4 Å². The fourth-order valence-electron chi connectivity index (χ4n) is 4.31. The second-order valence-corrected chi connectivity index (χ2v) is 9.17. The minimum absolute atomic E-state index is 0.0634. The van der Waals surface area contributed by atoms with Crippen molar-refractivity contribution < 1.29 is 29.7 Å². The predicted molar refractivity (Wildman–Crippen MR) is 145 cm³/mol. The van der Waals surface area contributed by atoms with Crippen LogP contribution in [0.25, 0.3) is 22.4 Å². The quantitative estimate of drug-likeness (QED) is 0.219. The number of hydrogen-bond acceptors (Lipinski definition) is 5. The summed E-state index contributed by atoms with van der Waals surface area (Å²) in [7, 11) is 0. The third-order valence-corrected chi connectivity index (χ3v) is 6.29. The van der Waals surface area contributed by atoms with Crippen LogP contribution in [-0.4, -0.2) is 55.1 Å². The molecule has 0 saturated carbocycles. The van der Waals surface area contributed by atoms with Crippen LogP contribution in [0.3, 0.4) is 0 Å². The van der Waals surface area contributed by atoms with E-state index in [1.165, 1.54) is 4.68 Å². The summed E-state index contributed by atoms with van der Waals surface area (Å²) in [6.45, 7) is 0.0712. The summed E-state index contributed by atoms with van der Waals surface area (Å²) in [4.78, 5) is 35.7. The van der Waals surface area contributed by atoms with Gasteiger partial charge in [-0.25, -0.2) is 4.79 Å². The second-order valence-electron chi connectivity index (χ2n) is 9.17. The van der Waals surface area contributed by atoms with E-state index in [-0.39, 0.29) is 31.5 Å². The van der Waals surface area contributed by atoms with Crippen LogP contribution in [0.5, 0.6) is 0 Å². The van der Waals surface area contributed by atoms with E-state index in [4.69, 9.17) is 5.11 Å². The molecule has 200 valence electrons. The largest absolute Gasteiger partial charge is 0.481 e. The van der Waals surface area contributed by atoms with E-state index in [1.807, 2.05) is 84.9 Å². The van der Waals surface area contributed by atoms with Gasteiger partial charge in [-0.2, -0.15) is 5.10 Å². The molecule has 9 nitrogen and oxygen atoms in total. The van der Waals surface area contributed by atoms with Gasteiger partial charge in [0.2, 0.25) is 0 Å². The van der Waals surface area contributed by atoms with E-state index < -0.39 is 30.0 Å². The summed E-state index contributed by atoms with van der Waals surface area (Å²) in [6.07, 6.45) is -1.75. The topological polar surface area (TPSA) is 142 Å². The molecule has 0 saturated heterocycles. The summed E-state index contributed by atoms with van der Waals surface area (Å²) in [5.41, 5.74) is 4.35. The molecule has 0 spiro atoms. The number of carbonyl (C=O) groups is 3. The van der Waals surface area contributed by atoms with Crippen LogP contribution in [0.1, 0.15) is 28.9 Å². The second kappa shape index (κ2) is 12.7. The molecule has 3 aromatic carbocycles. The first-order valence-electron chi connectivity index (χ1n) is 12.5. The van der Waals surface area contributed by atoms with Gasteiger partial charge in [-0.1, -0.05) is 84.9 Å². The van der Waals surface area contributed by atoms with Gasteiger partial charge in [0.1, 0.15) is 0 Å². The third-order valence-electron chi connectivity index (χ3n) is 6.29. The number of nitrogens with zero attached hydrogens (tertiary/aromatic N) is 2. The van der Waals surface area contributed by atoms with Gasteiger partial charge in [0.05, 0.1) is 18.7 Å². The molecule has 0 aliphatic rings. The lowest BCUT2D eigenvalue weighted by atomic mass is 9.97. The molecule has 0 bridgehead atoms. The van der Waals surface area contributed by atoms with E-state index in [2.05, 4.69) is 10.4 Å². The average molecular weight is 528 g/mol. The van der Waals surface area contributed by atoms with E-state index in [1.54, 1.807) is 6.07 Å². The first-order chi connectivity index (χ1) is 18.8. The zero-order chi connectivity index (χ0) is 27.8. The van der Waals surface area contributed by atoms with E-state index in [0.29, 0.717) is 5.69 Å². The van der Waals surface area contributed by atoms with Crippen molar-refractivity contribution in [2.45, 2.75) is 38.0 Å². The number of nitrogens with one attached hydrogen (secondary N) is 1. The minimum Gasteiger partial charge on any atom is -0.481 e. The van der Waals surface area contributed by atoms with Gasteiger partial charge in [-0.3, -0.25) is 14.3 Å². The number of carboxylic acid groups (broad SMARTS) is 2. The summed E-state index contributed by atoms with van der Waals surface area (Å²) >= 11 is 0. The molecule has 0 aliphatic heterocycles. The molecule has 1 aromatic heterocycles. The number of aliphatic carboxylic acids is 2. The molecule has 4 N–H and O–H groups in total. The number of carbonyl (C=O) groups excluding carboxylic acids is 1. The summed E-state index contributed by atoms with van der Waals surface area (Å²) in [5.74, 6) is -2.92. The molecule has 1 heterocycles. The fraction of sp³-hybridized carbons (Fsp3) is 0.200. The maximum absolute atomic E-state index is 13.2. The normalized spacial score (nSPS) is 12.4. The SMILES string of the molecule is O=C(O)CCn1nc(C(=O)NC(Cc2ccc(-c3ccccc3)cc2)CC(O)C(=O)O)cc1-c1ccccc1. The highest BCUT2D eigenvalue weighted by Crippen LogP contribution is 2.22. The molecule has 4 rings (SSSR count). The minimum atomic E-state index is -1.66. The van der Waals surface area contributed by atoms with Crippen LogP contribution in [-0.2, 0) is 22.6 Å². The van der Waals surface area contributed by atoms with Crippen molar-refractivity contribution in [3.05, 3.63) is 102 Å².